The van der Waals surface area contributed by atoms with Crippen molar-refractivity contribution >= 4 is 38.8 Å². The maximum Gasteiger partial charge on any atom is 0.262 e. The summed E-state index contributed by atoms with van der Waals surface area (Å²) in [6, 6.07) is 11.7. The molecule has 41 heavy (non-hydrogen) atoms. The van der Waals surface area contributed by atoms with E-state index < -0.39 is 11.5 Å². The molecular formula is C31H34N4O5S. The second kappa shape index (κ2) is 9.46. The van der Waals surface area contributed by atoms with Crippen LogP contribution in [-0.2, 0) is 0 Å². The third-order valence-electron chi connectivity index (χ3n) is 8.54. The Bertz CT molecular complexity index is 1670. The molecule has 4 aromatic rings. The number of pyridine rings is 1. The molecule has 214 valence electrons. The van der Waals surface area contributed by atoms with E-state index in [2.05, 4.69) is 10.4 Å². The van der Waals surface area contributed by atoms with Gasteiger partial charge in [-0.3, -0.25) is 9.59 Å². The summed E-state index contributed by atoms with van der Waals surface area (Å²) < 4.78 is 15.1. The molecule has 3 heterocycles. The van der Waals surface area contributed by atoms with Crippen molar-refractivity contribution < 1.29 is 24.2 Å². The predicted octanol–water partition coefficient (Wildman–Crippen LogP) is 4.80. The predicted molar refractivity (Wildman–Crippen MR) is 156 cm³/mol. The fourth-order valence-corrected chi connectivity index (χ4v) is 7.47. The van der Waals surface area contributed by atoms with Gasteiger partial charge in [0, 0.05) is 22.0 Å². The number of aromatic nitrogens is 2. The lowest BCUT2D eigenvalue weighted by atomic mass is 9.53. The van der Waals surface area contributed by atoms with Crippen LogP contribution in [-0.4, -0.2) is 50.9 Å². The molecule has 0 saturated heterocycles. The van der Waals surface area contributed by atoms with Gasteiger partial charge in [-0.1, -0.05) is 12.1 Å². The minimum atomic E-state index is -0.942. The standard InChI is InChI=1S/C31H34N4O5S/c1-30(2,38)16-39-23-10-9-22-21(15-33-35(22)25(23)17-7-8-17)29(37)34-18-11-31(12-18)13-19(14-31)40-26-20-5-3-4-6-24(20)41-27(26)28(32)36/h3-6,9-10,15,17-19,38H,7-8,11-14,16H2,1-2H3,(H2,32,36)(H,34,37). The number of carbonyl (C=O) groups excluding carboxylic acids is 2. The number of aliphatic hydroxyl groups is 1. The van der Waals surface area contributed by atoms with Gasteiger partial charge in [0.05, 0.1) is 34.7 Å². The van der Waals surface area contributed by atoms with Crippen molar-refractivity contribution in [2.45, 2.75) is 76.0 Å². The third kappa shape index (κ3) is 4.82. The van der Waals surface area contributed by atoms with Gasteiger partial charge in [-0.05, 0) is 82.1 Å². The molecule has 7 rings (SSSR count). The van der Waals surface area contributed by atoms with Crippen LogP contribution in [0.3, 0.4) is 0 Å². The zero-order chi connectivity index (χ0) is 28.5. The lowest BCUT2D eigenvalue weighted by Crippen LogP contribution is -2.58. The van der Waals surface area contributed by atoms with Crippen molar-refractivity contribution in [1.29, 1.82) is 0 Å². The van der Waals surface area contributed by atoms with E-state index in [0.717, 1.165) is 59.8 Å². The molecule has 9 nitrogen and oxygen atoms in total. The van der Waals surface area contributed by atoms with Crippen molar-refractivity contribution in [3.63, 3.8) is 0 Å². The number of benzene rings is 1. The molecule has 0 aliphatic heterocycles. The molecule has 2 amide bonds. The van der Waals surface area contributed by atoms with E-state index >= 15 is 0 Å². The number of primary amides is 1. The number of thiophene rings is 1. The Balaban J connectivity index is 0.985. The van der Waals surface area contributed by atoms with Gasteiger partial charge in [0.15, 0.2) is 5.75 Å². The first kappa shape index (κ1) is 26.3. The summed E-state index contributed by atoms with van der Waals surface area (Å²) in [5.74, 6) is 1.08. The number of fused-ring (bicyclic) bond motifs is 2. The second-order valence-corrected chi connectivity index (χ2v) is 13.7. The van der Waals surface area contributed by atoms with Crippen LogP contribution in [0.2, 0.25) is 0 Å². The zero-order valence-corrected chi connectivity index (χ0v) is 24.0. The summed E-state index contributed by atoms with van der Waals surface area (Å²) >= 11 is 1.37. The first-order valence-electron chi connectivity index (χ1n) is 14.2. The zero-order valence-electron chi connectivity index (χ0n) is 23.2. The van der Waals surface area contributed by atoms with Crippen LogP contribution >= 0.6 is 11.3 Å². The highest BCUT2D eigenvalue weighted by Crippen LogP contribution is 2.57. The number of nitrogens with zero attached hydrogens (tertiary/aromatic N) is 2. The maximum absolute atomic E-state index is 13.3. The van der Waals surface area contributed by atoms with Crippen molar-refractivity contribution in [3.8, 4) is 11.5 Å². The number of rotatable bonds is 9. The Kier molecular flexibility index (Phi) is 6.06. The van der Waals surface area contributed by atoms with E-state index in [4.69, 9.17) is 15.2 Å². The molecule has 0 radical (unpaired) electrons. The Morgan fingerprint density at radius 3 is 2.63 bits per heavy atom. The van der Waals surface area contributed by atoms with Gasteiger partial charge in [-0.25, -0.2) is 4.52 Å². The Morgan fingerprint density at radius 1 is 1.17 bits per heavy atom. The van der Waals surface area contributed by atoms with Crippen molar-refractivity contribution in [3.05, 3.63) is 58.7 Å². The lowest BCUT2D eigenvalue weighted by molar-refractivity contribution is -0.0828. The van der Waals surface area contributed by atoms with Crippen LogP contribution < -0.4 is 20.5 Å². The van der Waals surface area contributed by atoms with Gasteiger partial charge in [-0.2, -0.15) is 5.10 Å². The van der Waals surface area contributed by atoms with Gasteiger partial charge >= 0.3 is 0 Å². The Morgan fingerprint density at radius 2 is 1.93 bits per heavy atom. The average molecular weight is 575 g/mol. The molecule has 3 fully saturated rings. The van der Waals surface area contributed by atoms with Crippen LogP contribution in [0.15, 0.2) is 42.6 Å². The molecule has 0 unspecified atom stereocenters. The number of ether oxygens (including phenoxy) is 2. The van der Waals surface area contributed by atoms with E-state index in [0.29, 0.717) is 27.9 Å². The largest absolute Gasteiger partial charge is 0.489 e. The minimum Gasteiger partial charge on any atom is -0.489 e. The number of amides is 2. The van der Waals surface area contributed by atoms with E-state index in [1.165, 1.54) is 11.3 Å². The second-order valence-electron chi connectivity index (χ2n) is 12.7. The summed E-state index contributed by atoms with van der Waals surface area (Å²) in [5, 5.41) is 18.8. The molecule has 3 aliphatic carbocycles. The highest BCUT2D eigenvalue weighted by atomic mass is 32.1. The van der Waals surface area contributed by atoms with Crippen LogP contribution in [0, 0.1) is 5.41 Å². The van der Waals surface area contributed by atoms with Crippen LogP contribution in [0.1, 0.15) is 84.0 Å². The number of carbonyl (C=O) groups is 2. The Hall–Kier alpha value is -3.63. The monoisotopic (exact) mass is 574 g/mol. The van der Waals surface area contributed by atoms with Crippen molar-refractivity contribution in [2.24, 2.45) is 11.1 Å². The number of hydrogen-bond acceptors (Lipinski definition) is 7. The molecule has 3 saturated carbocycles. The third-order valence-corrected chi connectivity index (χ3v) is 9.71. The van der Waals surface area contributed by atoms with Crippen molar-refractivity contribution in [2.75, 3.05) is 6.61 Å². The molecule has 3 aliphatic rings. The van der Waals surface area contributed by atoms with E-state index in [9.17, 15) is 14.7 Å². The van der Waals surface area contributed by atoms with E-state index in [-0.39, 0.29) is 30.1 Å². The summed E-state index contributed by atoms with van der Waals surface area (Å²) in [4.78, 5) is 25.8. The summed E-state index contributed by atoms with van der Waals surface area (Å²) in [6.45, 7) is 3.61. The maximum atomic E-state index is 13.3. The molecule has 0 bridgehead atoms. The van der Waals surface area contributed by atoms with Gasteiger partial charge in [0.2, 0.25) is 0 Å². The highest BCUT2D eigenvalue weighted by molar-refractivity contribution is 7.21. The normalized spacial score (nSPS) is 23.8. The molecular weight excluding hydrogens is 540 g/mol. The summed E-state index contributed by atoms with van der Waals surface area (Å²) in [5.41, 5.74) is 7.15. The van der Waals surface area contributed by atoms with Crippen LogP contribution in [0.25, 0.3) is 15.6 Å². The molecule has 3 aromatic heterocycles. The van der Waals surface area contributed by atoms with E-state index in [1.807, 2.05) is 40.9 Å². The van der Waals surface area contributed by atoms with Crippen LogP contribution in [0.5, 0.6) is 11.5 Å². The topological polar surface area (TPSA) is 128 Å². The first-order valence-corrected chi connectivity index (χ1v) is 15.1. The van der Waals surface area contributed by atoms with Gasteiger partial charge in [0.25, 0.3) is 11.8 Å². The fraction of sp³-hybridized carbons (Fsp3) is 0.452. The lowest BCUT2D eigenvalue weighted by Gasteiger charge is -2.57. The minimum absolute atomic E-state index is 0.0380. The molecule has 0 atom stereocenters. The van der Waals surface area contributed by atoms with Crippen molar-refractivity contribution in [1.82, 2.24) is 14.9 Å². The van der Waals surface area contributed by atoms with Gasteiger partial charge in [-0.15, -0.1) is 11.3 Å². The number of nitrogens with one attached hydrogen (secondary N) is 1. The number of nitrogens with two attached hydrogens (primary N) is 1. The summed E-state index contributed by atoms with van der Waals surface area (Å²) in [6.07, 6.45) is 7.41. The quantitative estimate of drug-likeness (QED) is 0.264. The summed E-state index contributed by atoms with van der Waals surface area (Å²) in [7, 11) is 0. The average Bonchev–Trinajstić information content (AvgIpc) is 3.51. The van der Waals surface area contributed by atoms with Gasteiger partial charge < -0.3 is 25.6 Å². The van der Waals surface area contributed by atoms with Gasteiger partial charge in [0.1, 0.15) is 17.2 Å². The molecule has 4 N–H and O–H groups in total. The SMILES string of the molecule is CC(C)(O)COc1ccc2c(C(=O)NC3CC4(C3)CC(Oc3c(C(N)=O)sc5ccccc35)C4)cnn2c1C1CC1. The Labute approximate surface area is 241 Å². The fourth-order valence-electron chi connectivity index (χ4n) is 6.48. The number of hydrogen-bond donors (Lipinski definition) is 3. The molecule has 1 aromatic carbocycles. The molecule has 10 heteroatoms. The van der Waals surface area contributed by atoms with E-state index in [1.54, 1.807) is 20.0 Å². The smallest absolute Gasteiger partial charge is 0.262 e. The molecule has 1 spiro atoms. The highest BCUT2D eigenvalue weighted by Gasteiger charge is 2.54. The first-order chi connectivity index (χ1) is 19.6. The van der Waals surface area contributed by atoms with Crippen LogP contribution in [0.4, 0.5) is 0 Å².